The van der Waals surface area contributed by atoms with Crippen LogP contribution in [-0.2, 0) is 10.0 Å². The summed E-state index contributed by atoms with van der Waals surface area (Å²) in [7, 11) is -1.94. The molecule has 0 radical (unpaired) electrons. The van der Waals surface area contributed by atoms with Gasteiger partial charge in [-0.3, -0.25) is 0 Å². The number of aryl methyl sites for hydroxylation is 1. The normalized spacial score (nSPS) is 17.3. The second kappa shape index (κ2) is 6.85. The average Bonchev–Trinajstić information content (AvgIpc) is 2.45. The predicted octanol–water partition coefficient (Wildman–Crippen LogP) is 2.14. The molecule has 0 aliphatic carbocycles. The third-order valence-electron chi connectivity index (χ3n) is 4.14. The van der Waals surface area contributed by atoms with Gasteiger partial charge >= 0.3 is 0 Å². The minimum Gasteiger partial charge on any atom is -0.317 e. The van der Waals surface area contributed by atoms with Crippen molar-refractivity contribution >= 4 is 10.0 Å². The van der Waals surface area contributed by atoms with Crippen LogP contribution in [0.1, 0.15) is 24.8 Å². The molecule has 2 rings (SSSR count). The Bertz CT molecular complexity index is 583. The number of hydrogen-bond acceptors (Lipinski definition) is 3. The average molecular weight is 314 g/mol. The summed E-state index contributed by atoms with van der Waals surface area (Å²) >= 11 is 0. The number of rotatable bonds is 5. The number of nitrogens with zero attached hydrogens (tertiary/aromatic N) is 1. The Balaban J connectivity index is 2.04. The summed E-state index contributed by atoms with van der Waals surface area (Å²) < 4.78 is 39.6. The highest BCUT2D eigenvalue weighted by Crippen LogP contribution is 2.22. The first kappa shape index (κ1) is 16.4. The van der Waals surface area contributed by atoms with Gasteiger partial charge in [0.05, 0.1) is 4.90 Å². The van der Waals surface area contributed by atoms with E-state index in [4.69, 9.17) is 0 Å². The number of sulfonamides is 1. The summed E-state index contributed by atoms with van der Waals surface area (Å²) in [6.07, 6.45) is 3.07. The molecule has 1 aliphatic heterocycles. The Morgan fingerprint density at radius 1 is 1.33 bits per heavy atom. The molecule has 4 nitrogen and oxygen atoms in total. The van der Waals surface area contributed by atoms with Gasteiger partial charge in [-0.15, -0.1) is 0 Å². The molecule has 1 aliphatic rings. The fourth-order valence-electron chi connectivity index (χ4n) is 2.73. The monoisotopic (exact) mass is 314 g/mol. The van der Waals surface area contributed by atoms with Crippen molar-refractivity contribution < 1.29 is 12.8 Å². The standard InChI is InChI=1S/C15H23FN2O2S/c1-12-11-14(16)3-4-15(12)21(19,20)18(2)10-7-13-5-8-17-9-6-13/h3-4,11,13,17H,5-10H2,1-2H3. The van der Waals surface area contributed by atoms with E-state index in [1.165, 1.54) is 22.5 Å². The highest BCUT2D eigenvalue weighted by atomic mass is 32.2. The molecule has 6 heteroatoms. The van der Waals surface area contributed by atoms with E-state index in [0.29, 0.717) is 18.0 Å². The minimum absolute atomic E-state index is 0.191. The summed E-state index contributed by atoms with van der Waals surface area (Å²) in [5.41, 5.74) is 0.448. The lowest BCUT2D eigenvalue weighted by Crippen LogP contribution is -2.33. The van der Waals surface area contributed by atoms with E-state index < -0.39 is 15.8 Å². The Hall–Kier alpha value is -0.980. The van der Waals surface area contributed by atoms with Crippen molar-refractivity contribution in [2.24, 2.45) is 5.92 Å². The predicted molar refractivity (Wildman–Crippen MR) is 81.2 cm³/mol. The lowest BCUT2D eigenvalue weighted by Gasteiger charge is -2.25. The van der Waals surface area contributed by atoms with E-state index in [2.05, 4.69) is 5.32 Å². The Kier molecular flexibility index (Phi) is 5.35. The Labute approximate surface area is 126 Å². The molecular formula is C15H23FN2O2S. The van der Waals surface area contributed by atoms with E-state index in [9.17, 15) is 12.8 Å². The second-order valence-corrected chi connectivity index (χ2v) is 7.73. The van der Waals surface area contributed by atoms with E-state index in [0.717, 1.165) is 32.4 Å². The molecule has 0 atom stereocenters. The molecule has 1 aromatic rings. The number of hydrogen-bond donors (Lipinski definition) is 1. The lowest BCUT2D eigenvalue weighted by molar-refractivity contribution is 0.326. The molecule has 1 aromatic carbocycles. The van der Waals surface area contributed by atoms with Crippen molar-refractivity contribution in [3.8, 4) is 0 Å². The Morgan fingerprint density at radius 2 is 2.00 bits per heavy atom. The van der Waals surface area contributed by atoms with Gasteiger partial charge in [-0.2, -0.15) is 0 Å². The fraction of sp³-hybridized carbons (Fsp3) is 0.600. The molecule has 0 saturated carbocycles. The van der Waals surface area contributed by atoms with Crippen LogP contribution in [0.3, 0.4) is 0 Å². The molecule has 0 amide bonds. The molecule has 1 heterocycles. The van der Waals surface area contributed by atoms with Gasteiger partial charge in [0.2, 0.25) is 10.0 Å². The van der Waals surface area contributed by atoms with Crippen LogP contribution in [0.2, 0.25) is 0 Å². The quantitative estimate of drug-likeness (QED) is 0.906. The lowest BCUT2D eigenvalue weighted by atomic mass is 9.95. The molecule has 0 aromatic heterocycles. The van der Waals surface area contributed by atoms with E-state index in [1.54, 1.807) is 14.0 Å². The number of nitrogens with one attached hydrogen (secondary N) is 1. The summed E-state index contributed by atoms with van der Waals surface area (Å²) in [6.45, 7) is 4.15. The van der Waals surface area contributed by atoms with E-state index >= 15 is 0 Å². The van der Waals surface area contributed by atoms with Crippen molar-refractivity contribution in [2.75, 3.05) is 26.7 Å². The number of benzene rings is 1. The zero-order valence-electron chi connectivity index (χ0n) is 12.6. The zero-order valence-corrected chi connectivity index (χ0v) is 13.4. The third kappa shape index (κ3) is 4.02. The van der Waals surface area contributed by atoms with Gasteiger partial charge in [0.15, 0.2) is 0 Å². The number of halogens is 1. The van der Waals surface area contributed by atoms with Crippen molar-refractivity contribution in [1.29, 1.82) is 0 Å². The maximum Gasteiger partial charge on any atom is 0.243 e. The largest absolute Gasteiger partial charge is 0.317 e. The molecule has 118 valence electrons. The fourth-order valence-corrected chi connectivity index (χ4v) is 4.11. The van der Waals surface area contributed by atoms with Crippen LogP contribution in [0, 0.1) is 18.7 Å². The summed E-state index contributed by atoms with van der Waals surface area (Å²) in [5, 5.41) is 3.30. The van der Waals surface area contributed by atoms with Gasteiger partial charge in [-0.05, 0) is 69.0 Å². The highest BCUT2D eigenvalue weighted by molar-refractivity contribution is 7.89. The third-order valence-corrected chi connectivity index (χ3v) is 6.15. The first-order valence-electron chi connectivity index (χ1n) is 7.34. The molecule has 1 N–H and O–H groups in total. The first-order chi connectivity index (χ1) is 9.91. The van der Waals surface area contributed by atoms with Crippen LogP contribution in [0.15, 0.2) is 23.1 Å². The molecule has 0 spiro atoms. The van der Waals surface area contributed by atoms with E-state index in [-0.39, 0.29) is 4.90 Å². The molecule has 0 unspecified atom stereocenters. The summed E-state index contributed by atoms with van der Waals surface area (Å²) in [5.74, 6) is 0.169. The van der Waals surface area contributed by atoms with Gasteiger partial charge in [-0.25, -0.2) is 17.1 Å². The van der Waals surface area contributed by atoms with E-state index in [1.807, 2.05) is 0 Å². The van der Waals surface area contributed by atoms with Crippen LogP contribution < -0.4 is 5.32 Å². The topological polar surface area (TPSA) is 49.4 Å². The Morgan fingerprint density at radius 3 is 2.62 bits per heavy atom. The molecule has 1 fully saturated rings. The highest BCUT2D eigenvalue weighted by Gasteiger charge is 2.24. The maximum atomic E-state index is 13.1. The van der Waals surface area contributed by atoms with Crippen molar-refractivity contribution in [3.05, 3.63) is 29.6 Å². The first-order valence-corrected chi connectivity index (χ1v) is 8.78. The van der Waals surface area contributed by atoms with Crippen LogP contribution >= 0.6 is 0 Å². The van der Waals surface area contributed by atoms with Gasteiger partial charge in [0.25, 0.3) is 0 Å². The maximum absolute atomic E-state index is 13.1. The van der Waals surface area contributed by atoms with Crippen molar-refractivity contribution in [2.45, 2.75) is 31.1 Å². The van der Waals surface area contributed by atoms with Crippen molar-refractivity contribution in [1.82, 2.24) is 9.62 Å². The SMILES string of the molecule is Cc1cc(F)ccc1S(=O)(=O)N(C)CCC1CCNCC1. The summed E-state index contributed by atoms with van der Waals surface area (Å²) in [6, 6.07) is 3.80. The molecule has 0 bridgehead atoms. The second-order valence-electron chi connectivity index (χ2n) is 5.72. The smallest absolute Gasteiger partial charge is 0.243 e. The summed E-state index contributed by atoms with van der Waals surface area (Å²) in [4.78, 5) is 0.191. The minimum atomic E-state index is -3.54. The van der Waals surface area contributed by atoms with Crippen LogP contribution in [-0.4, -0.2) is 39.4 Å². The molecule has 21 heavy (non-hydrogen) atoms. The van der Waals surface area contributed by atoms with Gasteiger partial charge in [0.1, 0.15) is 5.82 Å². The number of piperidine rings is 1. The van der Waals surface area contributed by atoms with Crippen LogP contribution in [0.25, 0.3) is 0 Å². The zero-order chi connectivity index (χ0) is 15.5. The van der Waals surface area contributed by atoms with Crippen LogP contribution in [0.5, 0.6) is 0 Å². The van der Waals surface area contributed by atoms with Crippen LogP contribution in [0.4, 0.5) is 4.39 Å². The molecule has 1 saturated heterocycles. The van der Waals surface area contributed by atoms with Gasteiger partial charge < -0.3 is 5.32 Å². The molecular weight excluding hydrogens is 291 g/mol. The van der Waals surface area contributed by atoms with Gasteiger partial charge in [0, 0.05) is 13.6 Å². The van der Waals surface area contributed by atoms with Gasteiger partial charge in [-0.1, -0.05) is 0 Å². The van der Waals surface area contributed by atoms with Crippen molar-refractivity contribution in [3.63, 3.8) is 0 Å².